The minimum absolute atomic E-state index is 0.0308. The quantitative estimate of drug-likeness (QED) is 0.815. The third-order valence-corrected chi connectivity index (χ3v) is 2.67. The highest BCUT2D eigenvalue weighted by Crippen LogP contribution is 2.01. The van der Waals surface area contributed by atoms with Crippen LogP contribution in [0.4, 0.5) is 0 Å². The molecule has 0 radical (unpaired) electrons. The number of pyridine rings is 1. The number of aromatic carboxylic acids is 1. The molecule has 0 aromatic carbocycles. The summed E-state index contributed by atoms with van der Waals surface area (Å²) < 4.78 is 1.53. The molecule has 100 valence electrons. The molecule has 2 rings (SSSR count). The minimum Gasteiger partial charge on any atom is -0.476 e. The fourth-order valence-electron chi connectivity index (χ4n) is 1.66. The predicted octanol–water partition coefficient (Wildman–Crippen LogP) is 0.503. The molecule has 0 amide bonds. The summed E-state index contributed by atoms with van der Waals surface area (Å²) in [6.07, 6.45) is 4.96. The third kappa shape index (κ3) is 3.85. The van der Waals surface area contributed by atoms with Crippen LogP contribution in [0.15, 0.2) is 30.7 Å². The van der Waals surface area contributed by atoms with E-state index in [9.17, 15) is 4.79 Å². The van der Waals surface area contributed by atoms with Gasteiger partial charge in [-0.25, -0.2) is 4.79 Å². The second kappa shape index (κ2) is 6.05. The molecule has 0 aliphatic heterocycles. The van der Waals surface area contributed by atoms with Crippen LogP contribution in [0.3, 0.4) is 0 Å². The summed E-state index contributed by atoms with van der Waals surface area (Å²) in [6, 6.07) is 3.93. The first kappa shape index (κ1) is 13.2. The minimum atomic E-state index is -1.06. The van der Waals surface area contributed by atoms with Crippen LogP contribution in [0, 0.1) is 0 Å². The SMILES string of the molecule is CN(CCn1cc(C(=O)O)nn1)Cc1ccncc1. The van der Waals surface area contributed by atoms with Gasteiger partial charge < -0.3 is 10.0 Å². The van der Waals surface area contributed by atoms with Crippen molar-refractivity contribution in [3.63, 3.8) is 0 Å². The Kier molecular flexibility index (Phi) is 4.19. The zero-order chi connectivity index (χ0) is 13.7. The molecule has 0 atom stereocenters. The van der Waals surface area contributed by atoms with Gasteiger partial charge in [-0.3, -0.25) is 9.67 Å². The smallest absolute Gasteiger partial charge is 0.358 e. The molecule has 0 aliphatic rings. The van der Waals surface area contributed by atoms with E-state index in [0.717, 1.165) is 13.1 Å². The van der Waals surface area contributed by atoms with Gasteiger partial charge in [-0.2, -0.15) is 0 Å². The van der Waals surface area contributed by atoms with Crippen molar-refractivity contribution in [1.29, 1.82) is 0 Å². The Morgan fingerprint density at radius 2 is 2.16 bits per heavy atom. The first-order valence-electron chi connectivity index (χ1n) is 5.86. The lowest BCUT2D eigenvalue weighted by Crippen LogP contribution is -2.23. The van der Waals surface area contributed by atoms with Crippen molar-refractivity contribution in [3.8, 4) is 0 Å². The molecule has 0 aliphatic carbocycles. The molecule has 1 N–H and O–H groups in total. The summed E-state index contributed by atoms with van der Waals surface area (Å²) in [5.41, 5.74) is 1.15. The normalized spacial score (nSPS) is 10.8. The molecule has 0 bridgehead atoms. The summed E-state index contributed by atoms with van der Waals surface area (Å²) in [6.45, 7) is 2.16. The number of hydrogen-bond donors (Lipinski definition) is 1. The van der Waals surface area contributed by atoms with Gasteiger partial charge in [0.2, 0.25) is 0 Å². The number of likely N-dealkylation sites (N-methyl/N-ethyl adjacent to an activating group) is 1. The largest absolute Gasteiger partial charge is 0.476 e. The van der Waals surface area contributed by atoms with Crippen LogP contribution in [0.2, 0.25) is 0 Å². The molecular formula is C12H15N5O2. The number of hydrogen-bond acceptors (Lipinski definition) is 5. The van der Waals surface area contributed by atoms with Crippen LogP contribution in [0.1, 0.15) is 16.1 Å². The van der Waals surface area contributed by atoms with Gasteiger partial charge in [0.15, 0.2) is 5.69 Å². The summed E-state index contributed by atoms with van der Waals surface area (Å²) in [5.74, 6) is -1.06. The second-order valence-corrected chi connectivity index (χ2v) is 4.27. The van der Waals surface area contributed by atoms with E-state index in [1.165, 1.54) is 16.4 Å². The van der Waals surface area contributed by atoms with Crippen molar-refractivity contribution in [2.24, 2.45) is 0 Å². The van der Waals surface area contributed by atoms with Crippen LogP contribution in [0.25, 0.3) is 0 Å². The summed E-state index contributed by atoms with van der Waals surface area (Å²) in [4.78, 5) is 16.8. The van der Waals surface area contributed by atoms with Crippen molar-refractivity contribution < 1.29 is 9.90 Å². The van der Waals surface area contributed by atoms with Crippen molar-refractivity contribution in [2.45, 2.75) is 13.1 Å². The van der Waals surface area contributed by atoms with Crippen LogP contribution >= 0.6 is 0 Å². The van der Waals surface area contributed by atoms with Crippen molar-refractivity contribution in [1.82, 2.24) is 24.9 Å². The molecule has 7 heteroatoms. The maximum atomic E-state index is 10.7. The van der Waals surface area contributed by atoms with Gasteiger partial charge in [0.05, 0.1) is 12.7 Å². The van der Waals surface area contributed by atoms with Crippen molar-refractivity contribution in [3.05, 3.63) is 42.0 Å². The topological polar surface area (TPSA) is 84.1 Å². The second-order valence-electron chi connectivity index (χ2n) is 4.27. The van der Waals surface area contributed by atoms with Gasteiger partial charge in [0, 0.05) is 25.5 Å². The Morgan fingerprint density at radius 3 is 2.79 bits per heavy atom. The lowest BCUT2D eigenvalue weighted by molar-refractivity contribution is 0.0690. The van der Waals surface area contributed by atoms with E-state index in [1.807, 2.05) is 19.2 Å². The van der Waals surface area contributed by atoms with Gasteiger partial charge in [0.25, 0.3) is 0 Å². The Labute approximate surface area is 110 Å². The van der Waals surface area contributed by atoms with E-state index in [2.05, 4.69) is 20.2 Å². The average Bonchev–Trinajstić information content (AvgIpc) is 2.86. The first-order valence-corrected chi connectivity index (χ1v) is 5.86. The molecule has 2 heterocycles. The average molecular weight is 261 g/mol. The molecular weight excluding hydrogens is 246 g/mol. The number of aromatic nitrogens is 4. The molecule has 0 spiro atoms. The van der Waals surface area contributed by atoms with Crippen molar-refractivity contribution in [2.75, 3.05) is 13.6 Å². The lowest BCUT2D eigenvalue weighted by atomic mass is 10.2. The van der Waals surface area contributed by atoms with E-state index in [0.29, 0.717) is 6.54 Å². The Balaban J connectivity index is 1.83. The maximum absolute atomic E-state index is 10.7. The molecule has 0 unspecified atom stereocenters. The number of carbonyl (C=O) groups is 1. The molecule has 0 fully saturated rings. The zero-order valence-electron chi connectivity index (χ0n) is 10.6. The summed E-state index contributed by atoms with van der Waals surface area (Å²) in [5, 5.41) is 16.1. The van der Waals surface area contributed by atoms with Gasteiger partial charge in [-0.05, 0) is 24.7 Å². The van der Waals surface area contributed by atoms with E-state index in [-0.39, 0.29) is 5.69 Å². The highest BCUT2D eigenvalue weighted by molar-refractivity contribution is 5.84. The van der Waals surface area contributed by atoms with Crippen LogP contribution < -0.4 is 0 Å². The first-order chi connectivity index (χ1) is 9.15. The van der Waals surface area contributed by atoms with Gasteiger partial charge in [0.1, 0.15) is 0 Å². The number of carboxylic acid groups (broad SMARTS) is 1. The number of carboxylic acids is 1. The molecule has 0 saturated carbocycles. The van der Waals surface area contributed by atoms with Gasteiger partial charge >= 0.3 is 5.97 Å². The van der Waals surface area contributed by atoms with Crippen LogP contribution in [0.5, 0.6) is 0 Å². The van der Waals surface area contributed by atoms with E-state index < -0.39 is 5.97 Å². The van der Waals surface area contributed by atoms with E-state index in [1.54, 1.807) is 12.4 Å². The van der Waals surface area contributed by atoms with Gasteiger partial charge in [-0.15, -0.1) is 5.10 Å². The number of nitrogens with zero attached hydrogens (tertiary/aromatic N) is 5. The van der Waals surface area contributed by atoms with Crippen molar-refractivity contribution >= 4 is 5.97 Å². The van der Waals surface area contributed by atoms with Crippen LogP contribution in [-0.2, 0) is 13.1 Å². The third-order valence-electron chi connectivity index (χ3n) is 2.67. The standard InChI is InChI=1S/C12H15N5O2/c1-16(8-10-2-4-13-5-3-10)6-7-17-9-11(12(18)19)14-15-17/h2-5,9H,6-8H2,1H3,(H,18,19). The Hall–Kier alpha value is -2.28. The summed E-state index contributed by atoms with van der Waals surface area (Å²) >= 11 is 0. The Morgan fingerprint density at radius 1 is 1.42 bits per heavy atom. The van der Waals surface area contributed by atoms with E-state index >= 15 is 0 Å². The molecule has 2 aromatic rings. The monoisotopic (exact) mass is 261 g/mol. The molecule has 2 aromatic heterocycles. The Bertz CT molecular complexity index is 540. The maximum Gasteiger partial charge on any atom is 0.358 e. The highest BCUT2D eigenvalue weighted by Gasteiger charge is 2.08. The summed E-state index contributed by atoms with van der Waals surface area (Å²) in [7, 11) is 2.00. The predicted molar refractivity (Wildman–Crippen MR) is 67.6 cm³/mol. The lowest BCUT2D eigenvalue weighted by Gasteiger charge is -2.16. The zero-order valence-corrected chi connectivity index (χ0v) is 10.6. The molecule has 7 nitrogen and oxygen atoms in total. The highest BCUT2D eigenvalue weighted by atomic mass is 16.4. The number of rotatable bonds is 6. The fourth-order valence-corrected chi connectivity index (χ4v) is 1.66. The van der Waals surface area contributed by atoms with E-state index in [4.69, 9.17) is 5.11 Å². The van der Waals surface area contributed by atoms with Crippen LogP contribution in [-0.4, -0.2) is 49.5 Å². The molecule has 0 saturated heterocycles. The molecule has 19 heavy (non-hydrogen) atoms. The fraction of sp³-hybridized carbons (Fsp3) is 0.333. The van der Waals surface area contributed by atoms with Gasteiger partial charge in [-0.1, -0.05) is 5.21 Å².